The van der Waals surface area contributed by atoms with Gasteiger partial charge in [0, 0.05) is 29.4 Å². The summed E-state index contributed by atoms with van der Waals surface area (Å²) in [6, 6.07) is 11.9. The molecule has 4 rings (SSSR count). The van der Waals surface area contributed by atoms with E-state index in [0.717, 1.165) is 22.4 Å². The van der Waals surface area contributed by atoms with E-state index < -0.39 is 17.7 Å². The normalized spacial score (nSPS) is 17.7. The summed E-state index contributed by atoms with van der Waals surface area (Å²) in [5.74, 6) is -0.903. The molecule has 0 aliphatic carbocycles. The number of pyridine rings is 1. The van der Waals surface area contributed by atoms with Crippen LogP contribution >= 0.6 is 11.3 Å². The highest BCUT2D eigenvalue weighted by atomic mass is 32.1. The molecule has 0 spiro atoms. The van der Waals surface area contributed by atoms with Crippen LogP contribution in [0.3, 0.4) is 0 Å². The zero-order valence-electron chi connectivity index (χ0n) is 17.9. The van der Waals surface area contributed by atoms with E-state index in [0.29, 0.717) is 17.9 Å². The largest absolute Gasteiger partial charge is 0.507 e. The van der Waals surface area contributed by atoms with Crippen LogP contribution < -0.4 is 4.74 Å². The van der Waals surface area contributed by atoms with Gasteiger partial charge in [-0.3, -0.25) is 14.6 Å². The minimum atomic E-state index is -0.686. The summed E-state index contributed by atoms with van der Waals surface area (Å²) in [7, 11) is 0. The number of Topliss-reactive ketones (excluding diaryl/α,β-unsaturated/α-hetero) is 1. The van der Waals surface area contributed by atoms with Crippen molar-refractivity contribution < 1.29 is 19.4 Å². The molecule has 1 aliphatic heterocycles. The summed E-state index contributed by atoms with van der Waals surface area (Å²) in [6.45, 7) is 4.75. The van der Waals surface area contributed by atoms with Crippen LogP contribution in [0.25, 0.3) is 5.76 Å². The number of aryl methyl sites for hydroxylation is 1. The van der Waals surface area contributed by atoms with Gasteiger partial charge in [-0.05, 0) is 60.2 Å². The highest BCUT2D eigenvalue weighted by Gasteiger charge is 2.47. The maximum Gasteiger partial charge on any atom is 0.295 e. The third-order valence-electron chi connectivity index (χ3n) is 5.37. The van der Waals surface area contributed by atoms with Crippen LogP contribution in [-0.4, -0.2) is 33.3 Å². The predicted octanol–water partition coefficient (Wildman–Crippen LogP) is 4.86. The molecule has 1 amide bonds. The van der Waals surface area contributed by atoms with Gasteiger partial charge in [-0.1, -0.05) is 19.1 Å². The molecule has 7 heteroatoms. The number of ketones is 1. The fourth-order valence-electron chi connectivity index (χ4n) is 3.77. The summed E-state index contributed by atoms with van der Waals surface area (Å²) >= 11 is 1.47. The predicted molar refractivity (Wildman–Crippen MR) is 123 cm³/mol. The first kappa shape index (κ1) is 21.8. The van der Waals surface area contributed by atoms with Gasteiger partial charge in [0.05, 0.1) is 12.2 Å². The van der Waals surface area contributed by atoms with E-state index in [1.54, 1.807) is 36.7 Å². The van der Waals surface area contributed by atoms with Crippen molar-refractivity contribution in [2.45, 2.75) is 32.9 Å². The third-order valence-corrected chi connectivity index (χ3v) is 6.44. The first-order chi connectivity index (χ1) is 15.5. The van der Waals surface area contributed by atoms with Crippen molar-refractivity contribution in [2.24, 2.45) is 0 Å². The topological polar surface area (TPSA) is 79.7 Å². The van der Waals surface area contributed by atoms with E-state index in [1.165, 1.54) is 16.2 Å². The average Bonchev–Trinajstić information content (AvgIpc) is 3.34. The van der Waals surface area contributed by atoms with Crippen LogP contribution in [0.2, 0.25) is 0 Å². The van der Waals surface area contributed by atoms with Crippen LogP contribution in [0.5, 0.6) is 5.75 Å². The van der Waals surface area contributed by atoms with Crippen LogP contribution in [-0.2, 0) is 16.1 Å². The van der Waals surface area contributed by atoms with Crippen molar-refractivity contribution in [1.29, 1.82) is 0 Å². The second kappa shape index (κ2) is 9.36. The first-order valence-electron chi connectivity index (χ1n) is 10.5. The van der Waals surface area contributed by atoms with Crippen LogP contribution in [0.15, 0.2) is 65.8 Å². The fourth-order valence-corrected chi connectivity index (χ4v) is 4.82. The molecule has 0 saturated carbocycles. The van der Waals surface area contributed by atoms with Gasteiger partial charge in [0.1, 0.15) is 17.6 Å². The summed E-state index contributed by atoms with van der Waals surface area (Å²) in [5, 5.41) is 13.1. The Labute approximate surface area is 190 Å². The Hall–Kier alpha value is -3.45. The molecule has 0 radical (unpaired) electrons. The van der Waals surface area contributed by atoms with E-state index >= 15 is 0 Å². The Morgan fingerprint density at radius 1 is 1.19 bits per heavy atom. The number of aliphatic hydroxyl groups is 1. The SMILES string of the molecule is CCCOc1cccc(/C(O)=C2/C(=O)C(=O)N(Cc3ccncc3)C2c2sccc2C)c1. The highest BCUT2D eigenvalue weighted by molar-refractivity contribution is 7.10. The Balaban J connectivity index is 1.81. The van der Waals surface area contributed by atoms with E-state index in [9.17, 15) is 14.7 Å². The van der Waals surface area contributed by atoms with Gasteiger partial charge in [0.2, 0.25) is 0 Å². The Morgan fingerprint density at radius 2 is 1.97 bits per heavy atom. The molecule has 3 heterocycles. The molecule has 1 N–H and O–H groups in total. The summed E-state index contributed by atoms with van der Waals surface area (Å²) in [5.41, 5.74) is 2.37. The number of benzene rings is 1. The number of thiophene rings is 1. The lowest BCUT2D eigenvalue weighted by Gasteiger charge is -2.25. The van der Waals surface area contributed by atoms with Crippen molar-refractivity contribution in [3.8, 4) is 5.75 Å². The van der Waals surface area contributed by atoms with Gasteiger partial charge in [-0.25, -0.2) is 0 Å². The van der Waals surface area contributed by atoms with Crippen molar-refractivity contribution in [2.75, 3.05) is 6.61 Å². The quantitative estimate of drug-likeness (QED) is 0.317. The second-order valence-corrected chi connectivity index (χ2v) is 8.57. The van der Waals surface area contributed by atoms with E-state index in [-0.39, 0.29) is 17.9 Å². The zero-order valence-corrected chi connectivity index (χ0v) is 18.8. The van der Waals surface area contributed by atoms with E-state index in [2.05, 4.69) is 4.98 Å². The molecule has 1 aromatic carbocycles. The smallest absolute Gasteiger partial charge is 0.295 e. The zero-order chi connectivity index (χ0) is 22.7. The number of aliphatic hydroxyl groups excluding tert-OH is 1. The molecular formula is C25H24N2O4S. The number of ether oxygens (including phenoxy) is 1. The number of hydrogen-bond acceptors (Lipinski definition) is 6. The standard InChI is InChI=1S/C25H24N2O4S/c1-3-12-31-19-6-4-5-18(14-19)22(28)20-21(24-16(2)9-13-32-24)27(25(30)23(20)29)15-17-7-10-26-11-8-17/h4-11,13-14,21,28H,3,12,15H2,1-2H3/b22-20-. The van der Waals surface area contributed by atoms with Gasteiger partial charge >= 0.3 is 0 Å². The van der Waals surface area contributed by atoms with Crippen molar-refractivity contribution in [3.05, 3.63) is 87.4 Å². The summed E-state index contributed by atoms with van der Waals surface area (Å²) < 4.78 is 5.68. The number of likely N-dealkylation sites (tertiary alicyclic amines) is 1. The molecule has 1 unspecified atom stereocenters. The van der Waals surface area contributed by atoms with Crippen molar-refractivity contribution in [3.63, 3.8) is 0 Å². The Kier molecular flexibility index (Phi) is 6.37. The van der Waals surface area contributed by atoms with Gasteiger partial charge < -0.3 is 14.7 Å². The molecule has 3 aromatic rings. The molecule has 6 nitrogen and oxygen atoms in total. The van der Waals surface area contributed by atoms with Crippen molar-refractivity contribution in [1.82, 2.24) is 9.88 Å². The minimum Gasteiger partial charge on any atom is -0.507 e. The molecule has 1 atom stereocenters. The van der Waals surface area contributed by atoms with E-state index in [1.807, 2.05) is 37.4 Å². The number of nitrogens with zero attached hydrogens (tertiary/aromatic N) is 2. The van der Waals surface area contributed by atoms with Gasteiger partial charge in [-0.2, -0.15) is 0 Å². The molecule has 164 valence electrons. The molecule has 1 aliphatic rings. The molecular weight excluding hydrogens is 424 g/mol. The number of amides is 1. The highest BCUT2D eigenvalue weighted by Crippen LogP contribution is 2.43. The molecule has 1 fully saturated rings. The molecule has 1 saturated heterocycles. The Bertz CT molecular complexity index is 1170. The lowest BCUT2D eigenvalue weighted by molar-refractivity contribution is -0.140. The van der Waals surface area contributed by atoms with Gasteiger partial charge in [-0.15, -0.1) is 11.3 Å². The van der Waals surface area contributed by atoms with Crippen LogP contribution in [0.4, 0.5) is 0 Å². The molecule has 0 bridgehead atoms. The second-order valence-electron chi connectivity index (χ2n) is 7.63. The van der Waals surface area contributed by atoms with Crippen LogP contribution in [0.1, 0.15) is 41.0 Å². The fraction of sp³-hybridized carbons (Fsp3) is 0.240. The lowest BCUT2D eigenvalue weighted by atomic mass is 9.98. The monoisotopic (exact) mass is 448 g/mol. The maximum atomic E-state index is 13.1. The van der Waals surface area contributed by atoms with Crippen LogP contribution in [0, 0.1) is 6.92 Å². The number of carbonyl (C=O) groups excluding carboxylic acids is 2. The van der Waals surface area contributed by atoms with Gasteiger partial charge in [0.25, 0.3) is 11.7 Å². The molecule has 2 aromatic heterocycles. The third kappa shape index (κ3) is 4.16. The van der Waals surface area contributed by atoms with E-state index in [4.69, 9.17) is 4.74 Å². The first-order valence-corrected chi connectivity index (χ1v) is 11.3. The lowest BCUT2D eigenvalue weighted by Crippen LogP contribution is -2.29. The average molecular weight is 449 g/mol. The number of hydrogen-bond donors (Lipinski definition) is 1. The number of rotatable bonds is 7. The maximum absolute atomic E-state index is 13.1. The minimum absolute atomic E-state index is 0.0993. The summed E-state index contributed by atoms with van der Waals surface area (Å²) in [4.78, 5) is 32.6. The van der Waals surface area contributed by atoms with Crippen molar-refractivity contribution >= 4 is 28.8 Å². The Morgan fingerprint density at radius 3 is 2.66 bits per heavy atom. The number of aromatic nitrogens is 1. The van der Waals surface area contributed by atoms with Gasteiger partial charge in [0.15, 0.2) is 0 Å². The molecule has 32 heavy (non-hydrogen) atoms. The number of carbonyl (C=O) groups is 2. The summed E-state index contributed by atoms with van der Waals surface area (Å²) in [6.07, 6.45) is 4.16.